The van der Waals surface area contributed by atoms with Crippen LogP contribution in [0, 0.1) is 6.92 Å². The van der Waals surface area contributed by atoms with Crippen molar-refractivity contribution >= 4 is 17.7 Å². The van der Waals surface area contributed by atoms with Crippen molar-refractivity contribution in [2.24, 2.45) is 5.10 Å². The molecule has 2 heterocycles. The molecule has 0 aliphatic carbocycles. The van der Waals surface area contributed by atoms with Gasteiger partial charge in [-0.3, -0.25) is 5.43 Å². The van der Waals surface area contributed by atoms with Gasteiger partial charge in [0.2, 0.25) is 5.88 Å². The number of nitrogens with one attached hydrogen (secondary N) is 1. The predicted molar refractivity (Wildman–Crippen MR) is 123 cm³/mol. The van der Waals surface area contributed by atoms with Gasteiger partial charge in [0, 0.05) is 37.5 Å². The lowest BCUT2D eigenvalue weighted by molar-refractivity contribution is 0.122. The maximum atomic E-state index is 5.99. The van der Waals surface area contributed by atoms with E-state index < -0.39 is 0 Å². The third kappa shape index (κ3) is 6.71. The molecule has 1 aromatic carbocycles. The molecule has 1 fully saturated rings. The molecule has 0 bridgehead atoms. The molecule has 1 aromatic heterocycles. The van der Waals surface area contributed by atoms with E-state index in [1.165, 1.54) is 5.56 Å². The summed E-state index contributed by atoms with van der Waals surface area (Å²) in [5, 5.41) is 4.37. The SMILES string of the molecule is CCN(CC)CCOc1cc(N2CCOCC2)cc(N/N=C/c2cccc(C)c2)n1. The van der Waals surface area contributed by atoms with Gasteiger partial charge in [-0.15, -0.1) is 0 Å². The van der Waals surface area contributed by atoms with Crippen LogP contribution in [-0.2, 0) is 4.74 Å². The molecular formula is C23H33N5O2. The molecule has 0 spiro atoms. The first-order valence-corrected chi connectivity index (χ1v) is 10.7. The van der Waals surface area contributed by atoms with Gasteiger partial charge in [-0.05, 0) is 25.6 Å². The first-order chi connectivity index (χ1) is 14.7. The second-order valence-corrected chi connectivity index (χ2v) is 7.31. The van der Waals surface area contributed by atoms with Gasteiger partial charge in [0.25, 0.3) is 0 Å². The summed E-state index contributed by atoms with van der Waals surface area (Å²) in [6.07, 6.45) is 1.80. The smallest absolute Gasteiger partial charge is 0.217 e. The Kier molecular flexibility index (Phi) is 8.47. The van der Waals surface area contributed by atoms with Crippen molar-refractivity contribution in [3.05, 3.63) is 47.5 Å². The number of anilines is 2. The number of hydrazone groups is 1. The lowest BCUT2D eigenvalue weighted by Gasteiger charge is -2.29. The van der Waals surface area contributed by atoms with Gasteiger partial charge in [0.15, 0.2) is 5.82 Å². The molecule has 1 aliphatic heterocycles. The van der Waals surface area contributed by atoms with Crippen LogP contribution in [-0.4, -0.2) is 68.6 Å². The third-order valence-corrected chi connectivity index (χ3v) is 5.15. The van der Waals surface area contributed by atoms with Crippen LogP contribution in [0.1, 0.15) is 25.0 Å². The fourth-order valence-electron chi connectivity index (χ4n) is 3.37. The first-order valence-electron chi connectivity index (χ1n) is 10.7. The highest BCUT2D eigenvalue weighted by Gasteiger charge is 2.14. The summed E-state index contributed by atoms with van der Waals surface area (Å²) in [4.78, 5) is 9.22. The standard InChI is InChI=1S/C23H33N5O2/c1-4-27(5-2)9-14-30-23-17-21(28-10-12-29-13-11-28)16-22(25-23)26-24-18-20-8-6-7-19(3)15-20/h6-8,15-18H,4-5,9-14H2,1-3H3,(H,25,26)/b24-18+. The number of hydrogen-bond acceptors (Lipinski definition) is 7. The number of aromatic nitrogens is 1. The Morgan fingerprint density at radius 2 is 2.00 bits per heavy atom. The van der Waals surface area contributed by atoms with Crippen molar-refractivity contribution in [2.45, 2.75) is 20.8 Å². The number of benzene rings is 1. The summed E-state index contributed by atoms with van der Waals surface area (Å²) in [5.74, 6) is 1.28. The number of rotatable bonds is 10. The van der Waals surface area contributed by atoms with E-state index >= 15 is 0 Å². The molecule has 0 radical (unpaired) electrons. The Balaban J connectivity index is 1.71. The molecule has 1 saturated heterocycles. The normalized spacial score (nSPS) is 14.5. The molecular weight excluding hydrogens is 378 g/mol. The molecule has 0 saturated carbocycles. The van der Waals surface area contributed by atoms with Gasteiger partial charge in [0.1, 0.15) is 6.61 Å². The molecule has 7 nitrogen and oxygen atoms in total. The van der Waals surface area contributed by atoms with E-state index in [0.717, 1.165) is 57.2 Å². The largest absolute Gasteiger partial charge is 0.476 e. The van der Waals surface area contributed by atoms with Crippen molar-refractivity contribution in [3.8, 4) is 5.88 Å². The van der Waals surface area contributed by atoms with Gasteiger partial charge >= 0.3 is 0 Å². The minimum Gasteiger partial charge on any atom is -0.476 e. The summed E-state index contributed by atoms with van der Waals surface area (Å²) >= 11 is 0. The molecule has 0 atom stereocenters. The summed E-state index contributed by atoms with van der Waals surface area (Å²) in [5.41, 5.74) is 6.38. The van der Waals surface area contributed by atoms with Gasteiger partial charge in [-0.2, -0.15) is 10.1 Å². The Morgan fingerprint density at radius 3 is 2.73 bits per heavy atom. The second kappa shape index (κ2) is 11.5. The Morgan fingerprint density at radius 1 is 1.20 bits per heavy atom. The zero-order chi connectivity index (χ0) is 21.2. The van der Waals surface area contributed by atoms with E-state index in [4.69, 9.17) is 9.47 Å². The van der Waals surface area contributed by atoms with Crippen molar-refractivity contribution in [1.29, 1.82) is 0 Å². The van der Waals surface area contributed by atoms with Crippen LogP contribution >= 0.6 is 0 Å². The van der Waals surface area contributed by atoms with Crippen LogP contribution in [0.2, 0.25) is 0 Å². The predicted octanol–water partition coefficient (Wildman–Crippen LogP) is 3.39. The summed E-state index contributed by atoms with van der Waals surface area (Å²) < 4.78 is 11.5. The van der Waals surface area contributed by atoms with Crippen LogP contribution in [0.15, 0.2) is 41.5 Å². The highest BCUT2D eigenvalue weighted by Crippen LogP contribution is 2.25. The number of aryl methyl sites for hydroxylation is 1. The van der Waals surface area contributed by atoms with Gasteiger partial charge in [-0.1, -0.05) is 43.7 Å². The average Bonchev–Trinajstić information content (AvgIpc) is 2.77. The van der Waals surface area contributed by atoms with Crippen molar-refractivity contribution < 1.29 is 9.47 Å². The van der Waals surface area contributed by atoms with Crippen molar-refractivity contribution in [2.75, 3.05) is 62.9 Å². The van der Waals surface area contributed by atoms with Crippen LogP contribution in [0.25, 0.3) is 0 Å². The van der Waals surface area contributed by atoms with Gasteiger partial charge < -0.3 is 19.3 Å². The number of ether oxygens (including phenoxy) is 2. The molecule has 1 aliphatic rings. The molecule has 2 aromatic rings. The zero-order valence-electron chi connectivity index (χ0n) is 18.3. The van der Waals surface area contributed by atoms with Gasteiger partial charge in [0.05, 0.1) is 19.4 Å². The fraction of sp³-hybridized carbons (Fsp3) is 0.478. The Labute approximate surface area is 179 Å². The van der Waals surface area contributed by atoms with E-state index in [2.05, 4.69) is 58.2 Å². The maximum absolute atomic E-state index is 5.99. The van der Waals surface area contributed by atoms with Crippen LogP contribution < -0.4 is 15.1 Å². The molecule has 0 unspecified atom stereocenters. The lowest BCUT2D eigenvalue weighted by atomic mass is 10.2. The number of pyridine rings is 1. The van der Waals surface area contributed by atoms with Crippen molar-refractivity contribution in [3.63, 3.8) is 0 Å². The molecule has 0 amide bonds. The molecule has 1 N–H and O–H groups in total. The summed E-state index contributed by atoms with van der Waals surface area (Å²) in [6, 6.07) is 12.2. The van der Waals surface area contributed by atoms with Crippen molar-refractivity contribution in [1.82, 2.24) is 9.88 Å². The Bertz CT molecular complexity index is 817. The van der Waals surface area contributed by atoms with Gasteiger partial charge in [-0.25, -0.2) is 0 Å². The lowest BCUT2D eigenvalue weighted by Crippen LogP contribution is -2.36. The van der Waals surface area contributed by atoms with Crippen LogP contribution in [0.3, 0.4) is 0 Å². The third-order valence-electron chi connectivity index (χ3n) is 5.15. The monoisotopic (exact) mass is 411 g/mol. The maximum Gasteiger partial charge on any atom is 0.217 e. The van der Waals surface area contributed by atoms with E-state index in [0.29, 0.717) is 18.3 Å². The fourth-order valence-corrected chi connectivity index (χ4v) is 3.37. The second-order valence-electron chi connectivity index (χ2n) is 7.31. The van der Waals surface area contributed by atoms with Crippen LogP contribution in [0.5, 0.6) is 5.88 Å². The summed E-state index contributed by atoms with van der Waals surface area (Å²) in [6.45, 7) is 13.1. The molecule has 3 rings (SSSR count). The highest BCUT2D eigenvalue weighted by atomic mass is 16.5. The number of nitrogens with zero attached hydrogens (tertiary/aromatic N) is 4. The first kappa shape index (κ1) is 22.1. The van der Waals surface area contributed by atoms with E-state index in [-0.39, 0.29) is 0 Å². The number of likely N-dealkylation sites (N-methyl/N-ethyl adjacent to an activating group) is 1. The number of morpholine rings is 1. The van der Waals surface area contributed by atoms with E-state index in [1.807, 2.05) is 24.3 Å². The minimum atomic E-state index is 0.604. The molecule has 162 valence electrons. The topological polar surface area (TPSA) is 62.2 Å². The zero-order valence-corrected chi connectivity index (χ0v) is 18.3. The molecule has 30 heavy (non-hydrogen) atoms. The van der Waals surface area contributed by atoms with E-state index in [9.17, 15) is 0 Å². The molecule has 7 heteroatoms. The van der Waals surface area contributed by atoms with Crippen LogP contribution in [0.4, 0.5) is 11.5 Å². The van der Waals surface area contributed by atoms with E-state index in [1.54, 1.807) is 6.21 Å². The minimum absolute atomic E-state index is 0.604. The quantitative estimate of drug-likeness (QED) is 0.478. The number of hydrogen-bond donors (Lipinski definition) is 1. The summed E-state index contributed by atoms with van der Waals surface area (Å²) in [7, 11) is 0. The average molecular weight is 412 g/mol. The highest BCUT2D eigenvalue weighted by molar-refractivity contribution is 5.80. The Hall–Kier alpha value is -2.64.